The number of fused-ring (bicyclic) bond motifs is 3. The molecule has 0 radical (unpaired) electrons. The first-order valence-corrected chi connectivity index (χ1v) is 8.11. The van der Waals surface area contributed by atoms with Crippen LogP contribution in [0.15, 0.2) is 17.2 Å². The van der Waals surface area contributed by atoms with Gasteiger partial charge in [-0.1, -0.05) is 0 Å². The highest BCUT2D eigenvalue weighted by atomic mass is 32.2. The Morgan fingerprint density at radius 2 is 2.10 bits per heavy atom. The molecule has 1 atom stereocenters. The Kier molecular flexibility index (Phi) is 3.36. The molecule has 1 aromatic rings. The van der Waals surface area contributed by atoms with E-state index in [0.29, 0.717) is 18.8 Å². The third kappa shape index (κ3) is 2.59. The summed E-state index contributed by atoms with van der Waals surface area (Å²) in [4.78, 5) is 5.23. The van der Waals surface area contributed by atoms with Gasteiger partial charge in [-0.25, -0.2) is 18.1 Å². The molecule has 0 unspecified atom stereocenters. The van der Waals surface area contributed by atoms with Crippen molar-refractivity contribution in [1.29, 1.82) is 0 Å². The number of aromatic nitrogens is 1. The average Bonchev–Trinajstić information content (AvgIpc) is 2.54. The zero-order valence-electron chi connectivity index (χ0n) is 11.0. The standard InChI is InChI=1S/C12H14F3N3O2S/c13-12(14,15)8-5-10-11(16-6-8)18-4-2-1-3-9(18)7-17-21(10,19)20/h5-6,9,17H,1-4,7H2/t9-/m0/s1. The highest BCUT2D eigenvalue weighted by molar-refractivity contribution is 7.89. The first-order chi connectivity index (χ1) is 9.79. The Labute approximate surface area is 120 Å². The first kappa shape index (κ1) is 14.6. The summed E-state index contributed by atoms with van der Waals surface area (Å²) in [6, 6.07) is 0.612. The third-order valence-corrected chi connectivity index (χ3v) is 5.28. The SMILES string of the molecule is O=S1(=O)NC[C@@H]2CCCCN2c2ncc(C(F)(F)F)cc21. The number of nitrogens with one attached hydrogen (secondary N) is 1. The van der Waals surface area contributed by atoms with Crippen molar-refractivity contribution in [3.8, 4) is 0 Å². The Morgan fingerprint density at radius 1 is 1.33 bits per heavy atom. The maximum atomic E-state index is 12.8. The first-order valence-electron chi connectivity index (χ1n) is 6.62. The summed E-state index contributed by atoms with van der Waals surface area (Å²) in [6.07, 6.45) is -1.28. The quantitative estimate of drug-likeness (QED) is 0.791. The van der Waals surface area contributed by atoms with Crippen LogP contribution in [0.4, 0.5) is 19.0 Å². The number of pyridine rings is 1. The van der Waals surface area contributed by atoms with Gasteiger partial charge in [0.25, 0.3) is 0 Å². The van der Waals surface area contributed by atoms with Gasteiger partial charge in [0.2, 0.25) is 10.0 Å². The molecule has 5 nitrogen and oxygen atoms in total. The second-order valence-corrected chi connectivity index (χ2v) is 6.97. The third-order valence-electron chi connectivity index (χ3n) is 3.86. The molecule has 21 heavy (non-hydrogen) atoms. The molecule has 1 aromatic heterocycles. The van der Waals surface area contributed by atoms with Crippen LogP contribution in [0.1, 0.15) is 24.8 Å². The largest absolute Gasteiger partial charge is 0.417 e. The molecular formula is C12H14F3N3O2S. The topological polar surface area (TPSA) is 62.3 Å². The van der Waals surface area contributed by atoms with Crippen LogP contribution in [-0.2, 0) is 16.2 Å². The summed E-state index contributed by atoms with van der Waals surface area (Å²) in [6.45, 7) is 0.799. The minimum Gasteiger partial charge on any atom is -0.351 e. The van der Waals surface area contributed by atoms with E-state index in [0.717, 1.165) is 19.3 Å². The summed E-state index contributed by atoms with van der Waals surface area (Å²) in [7, 11) is -3.97. The van der Waals surface area contributed by atoms with Crippen molar-refractivity contribution >= 4 is 15.8 Å². The van der Waals surface area contributed by atoms with Gasteiger partial charge in [0.1, 0.15) is 10.7 Å². The van der Waals surface area contributed by atoms with Crippen LogP contribution in [0.5, 0.6) is 0 Å². The maximum absolute atomic E-state index is 12.8. The number of hydrogen-bond donors (Lipinski definition) is 1. The van der Waals surface area contributed by atoms with Crippen LogP contribution >= 0.6 is 0 Å². The van der Waals surface area contributed by atoms with Gasteiger partial charge in [-0.05, 0) is 25.3 Å². The van der Waals surface area contributed by atoms with E-state index >= 15 is 0 Å². The minimum atomic E-state index is -4.62. The summed E-state index contributed by atoms with van der Waals surface area (Å²) in [5.41, 5.74) is -1.05. The fourth-order valence-corrected chi connectivity index (χ4v) is 4.04. The Morgan fingerprint density at radius 3 is 2.81 bits per heavy atom. The number of anilines is 1. The van der Waals surface area contributed by atoms with Crippen LogP contribution in [0.3, 0.4) is 0 Å². The Bertz CT molecular complexity index is 660. The lowest BCUT2D eigenvalue weighted by Crippen LogP contribution is -2.44. The lowest BCUT2D eigenvalue weighted by molar-refractivity contribution is -0.138. The molecule has 2 aliphatic rings. The molecule has 9 heteroatoms. The summed E-state index contributed by atoms with van der Waals surface area (Å²) < 4.78 is 65.0. The summed E-state index contributed by atoms with van der Waals surface area (Å²) in [5, 5.41) is 0. The number of nitrogens with zero attached hydrogens (tertiary/aromatic N) is 2. The molecule has 3 heterocycles. The van der Waals surface area contributed by atoms with Gasteiger partial charge in [0, 0.05) is 25.3 Å². The average molecular weight is 321 g/mol. The molecule has 0 spiro atoms. The number of hydrogen-bond acceptors (Lipinski definition) is 4. The highest BCUT2D eigenvalue weighted by Crippen LogP contribution is 2.36. The van der Waals surface area contributed by atoms with Crippen molar-refractivity contribution in [2.24, 2.45) is 0 Å². The molecule has 0 saturated carbocycles. The Hall–Kier alpha value is -1.35. The van der Waals surface area contributed by atoms with Gasteiger partial charge < -0.3 is 4.90 Å². The molecule has 3 rings (SSSR count). The lowest BCUT2D eigenvalue weighted by atomic mass is 10.0. The van der Waals surface area contributed by atoms with E-state index < -0.39 is 21.8 Å². The smallest absolute Gasteiger partial charge is 0.351 e. The van der Waals surface area contributed by atoms with Crippen LogP contribution in [0, 0.1) is 0 Å². The monoisotopic (exact) mass is 321 g/mol. The Balaban J connectivity index is 2.16. The van der Waals surface area contributed by atoms with Crippen LogP contribution in [0.25, 0.3) is 0 Å². The van der Waals surface area contributed by atoms with E-state index in [-0.39, 0.29) is 23.3 Å². The molecule has 0 aromatic carbocycles. The predicted octanol–water partition coefficient (Wildman–Crippen LogP) is 1.75. The van der Waals surface area contributed by atoms with Crippen molar-refractivity contribution in [3.63, 3.8) is 0 Å². The fourth-order valence-electron chi connectivity index (χ4n) is 2.78. The molecule has 1 saturated heterocycles. The van der Waals surface area contributed by atoms with Crippen molar-refractivity contribution in [1.82, 2.24) is 9.71 Å². The van der Waals surface area contributed by atoms with E-state index in [4.69, 9.17) is 0 Å². The molecule has 0 aliphatic carbocycles. The molecule has 1 N–H and O–H groups in total. The number of alkyl halides is 3. The number of piperidine rings is 1. The predicted molar refractivity (Wildman–Crippen MR) is 69.4 cm³/mol. The van der Waals surface area contributed by atoms with Crippen LogP contribution < -0.4 is 9.62 Å². The van der Waals surface area contributed by atoms with Crippen LogP contribution in [-0.4, -0.2) is 32.5 Å². The van der Waals surface area contributed by atoms with Crippen molar-refractivity contribution in [2.45, 2.75) is 36.4 Å². The normalized spacial score (nSPS) is 24.9. The molecular weight excluding hydrogens is 307 g/mol. The zero-order valence-corrected chi connectivity index (χ0v) is 11.8. The maximum Gasteiger partial charge on any atom is 0.417 e. The molecule has 2 aliphatic heterocycles. The summed E-state index contributed by atoms with van der Waals surface area (Å²) in [5.74, 6) is 0.123. The van der Waals surface area contributed by atoms with E-state index in [2.05, 4.69) is 9.71 Å². The highest BCUT2D eigenvalue weighted by Gasteiger charge is 2.38. The zero-order chi connectivity index (χ0) is 15.3. The van der Waals surface area contributed by atoms with Gasteiger partial charge >= 0.3 is 6.18 Å². The minimum absolute atomic E-state index is 0.0565. The van der Waals surface area contributed by atoms with Gasteiger partial charge in [-0.2, -0.15) is 13.2 Å². The second kappa shape index (κ2) is 4.84. The molecule has 0 bridgehead atoms. The van der Waals surface area contributed by atoms with Gasteiger partial charge in [-0.3, -0.25) is 0 Å². The van der Waals surface area contributed by atoms with Gasteiger partial charge in [0.15, 0.2) is 0 Å². The van der Waals surface area contributed by atoms with Crippen molar-refractivity contribution < 1.29 is 21.6 Å². The molecule has 116 valence electrons. The van der Waals surface area contributed by atoms with E-state index in [9.17, 15) is 21.6 Å². The van der Waals surface area contributed by atoms with Crippen molar-refractivity contribution in [2.75, 3.05) is 18.0 Å². The number of sulfonamides is 1. The second-order valence-electron chi connectivity index (χ2n) is 5.24. The van der Waals surface area contributed by atoms with Crippen LogP contribution in [0.2, 0.25) is 0 Å². The summed E-state index contributed by atoms with van der Waals surface area (Å²) >= 11 is 0. The molecule has 1 fully saturated rings. The fraction of sp³-hybridized carbons (Fsp3) is 0.583. The molecule has 0 amide bonds. The van der Waals surface area contributed by atoms with E-state index in [1.54, 1.807) is 4.90 Å². The van der Waals surface area contributed by atoms with Gasteiger partial charge in [-0.15, -0.1) is 0 Å². The number of halogens is 3. The van der Waals surface area contributed by atoms with Crippen molar-refractivity contribution in [3.05, 3.63) is 17.8 Å². The lowest BCUT2D eigenvalue weighted by Gasteiger charge is -2.35. The van der Waals surface area contributed by atoms with Gasteiger partial charge in [0.05, 0.1) is 5.56 Å². The number of rotatable bonds is 0. The van der Waals surface area contributed by atoms with E-state index in [1.165, 1.54) is 0 Å². The van der Waals surface area contributed by atoms with E-state index in [1.807, 2.05) is 0 Å².